The van der Waals surface area contributed by atoms with E-state index in [2.05, 4.69) is 26.3 Å². The lowest BCUT2D eigenvalue weighted by atomic mass is 9.95. The van der Waals surface area contributed by atoms with Crippen LogP contribution in [0.4, 0.5) is 0 Å². The smallest absolute Gasteiger partial charge is 0.172 e. The summed E-state index contributed by atoms with van der Waals surface area (Å²) >= 11 is 0. The summed E-state index contributed by atoms with van der Waals surface area (Å²) in [6, 6.07) is 0. The topological polar surface area (TPSA) is 18.5 Å². The predicted octanol–water partition coefficient (Wildman–Crippen LogP) is 2.82. The SMILES string of the molecule is C=CC(C=C)[SiH2]OC1CCC(O[SiH2]C(C=C)C=C)CC1. The quantitative estimate of drug-likeness (QED) is 0.456. The van der Waals surface area contributed by atoms with Gasteiger partial charge in [0.25, 0.3) is 0 Å². The van der Waals surface area contributed by atoms with E-state index in [4.69, 9.17) is 8.85 Å². The molecule has 1 aliphatic rings. The molecule has 0 atom stereocenters. The van der Waals surface area contributed by atoms with Gasteiger partial charge in [-0.3, -0.25) is 0 Å². The van der Waals surface area contributed by atoms with Crippen molar-refractivity contribution in [2.75, 3.05) is 0 Å². The van der Waals surface area contributed by atoms with Crippen LogP contribution in [0.1, 0.15) is 25.7 Å². The zero-order valence-electron chi connectivity index (χ0n) is 12.5. The molecule has 0 heterocycles. The predicted molar refractivity (Wildman–Crippen MR) is 93.6 cm³/mol. The van der Waals surface area contributed by atoms with Crippen LogP contribution in [0.3, 0.4) is 0 Å². The fraction of sp³-hybridized carbons (Fsp3) is 0.500. The monoisotopic (exact) mass is 308 g/mol. The van der Waals surface area contributed by atoms with Crippen molar-refractivity contribution in [1.82, 2.24) is 0 Å². The highest BCUT2D eigenvalue weighted by atomic mass is 28.2. The first-order valence-electron chi connectivity index (χ1n) is 7.46. The standard InChI is InChI=1S/C16H28O2Si2/c1-5-15(6-2)19-17-13-9-11-14(12-10-13)18-20-16(7-3)8-4/h5-8,13-16H,1-4,9-12,19-20H2. The van der Waals surface area contributed by atoms with Gasteiger partial charge in [-0.25, -0.2) is 0 Å². The maximum atomic E-state index is 6.06. The maximum absolute atomic E-state index is 6.06. The minimum Gasteiger partial charge on any atom is -0.420 e. The molecule has 0 aromatic carbocycles. The lowest BCUT2D eigenvalue weighted by molar-refractivity contribution is 0.0847. The van der Waals surface area contributed by atoms with E-state index in [1.54, 1.807) is 0 Å². The lowest BCUT2D eigenvalue weighted by Crippen LogP contribution is -2.29. The average molecular weight is 309 g/mol. The number of allylic oxidation sites excluding steroid dienone is 4. The summed E-state index contributed by atoms with van der Waals surface area (Å²) in [5.41, 5.74) is 0.801. The average Bonchev–Trinajstić information content (AvgIpc) is 2.50. The molecule has 0 aliphatic heterocycles. The van der Waals surface area contributed by atoms with E-state index in [1.165, 1.54) is 0 Å². The third kappa shape index (κ3) is 6.18. The molecule has 0 N–H and O–H groups in total. The zero-order chi connectivity index (χ0) is 14.8. The van der Waals surface area contributed by atoms with E-state index in [-0.39, 0.29) is 0 Å². The molecule has 0 saturated heterocycles. The fourth-order valence-electron chi connectivity index (χ4n) is 2.32. The molecule has 0 aromatic heterocycles. The molecule has 1 rings (SSSR count). The van der Waals surface area contributed by atoms with Gasteiger partial charge in [0.1, 0.15) is 0 Å². The van der Waals surface area contributed by atoms with E-state index < -0.39 is 19.5 Å². The molecule has 0 unspecified atom stereocenters. The minimum absolute atomic E-state index is 0.400. The Morgan fingerprint density at radius 2 is 1.00 bits per heavy atom. The molecule has 0 amide bonds. The maximum Gasteiger partial charge on any atom is 0.172 e. The summed E-state index contributed by atoms with van der Waals surface area (Å²) in [6.45, 7) is 15.3. The zero-order valence-corrected chi connectivity index (χ0v) is 15.3. The Bertz CT molecular complexity index is 274. The molecular weight excluding hydrogens is 280 g/mol. The highest BCUT2D eigenvalue weighted by molar-refractivity contribution is 6.31. The first kappa shape index (κ1) is 17.4. The third-order valence-electron chi connectivity index (χ3n) is 3.88. The Morgan fingerprint density at radius 3 is 1.25 bits per heavy atom. The van der Waals surface area contributed by atoms with Gasteiger partial charge in [-0.1, -0.05) is 24.3 Å². The second-order valence-corrected chi connectivity index (χ2v) is 8.55. The van der Waals surface area contributed by atoms with Crippen molar-refractivity contribution in [3.63, 3.8) is 0 Å². The highest BCUT2D eigenvalue weighted by Gasteiger charge is 2.22. The van der Waals surface area contributed by atoms with Crippen LogP contribution in [0, 0.1) is 0 Å². The molecule has 1 fully saturated rings. The second kappa shape index (κ2) is 10.1. The largest absolute Gasteiger partial charge is 0.420 e. The van der Waals surface area contributed by atoms with E-state index in [9.17, 15) is 0 Å². The van der Waals surface area contributed by atoms with E-state index in [0.29, 0.717) is 23.3 Å². The summed E-state index contributed by atoms with van der Waals surface area (Å²) < 4.78 is 12.1. The first-order valence-corrected chi connectivity index (χ1v) is 10.3. The van der Waals surface area contributed by atoms with Crippen LogP contribution in [-0.4, -0.2) is 31.7 Å². The molecule has 0 aromatic rings. The van der Waals surface area contributed by atoms with Crippen LogP contribution in [0.5, 0.6) is 0 Å². The van der Waals surface area contributed by atoms with Crippen LogP contribution in [0.25, 0.3) is 0 Å². The highest BCUT2D eigenvalue weighted by Crippen LogP contribution is 2.24. The molecule has 1 aliphatic carbocycles. The van der Waals surface area contributed by atoms with Gasteiger partial charge < -0.3 is 8.85 Å². The molecule has 20 heavy (non-hydrogen) atoms. The molecule has 0 radical (unpaired) electrons. The summed E-state index contributed by atoms with van der Waals surface area (Å²) in [7, 11) is -1.13. The van der Waals surface area contributed by atoms with Crippen molar-refractivity contribution in [3.05, 3.63) is 50.6 Å². The Kier molecular flexibility index (Phi) is 8.77. The van der Waals surface area contributed by atoms with Gasteiger partial charge in [0, 0.05) is 23.3 Å². The van der Waals surface area contributed by atoms with Crippen molar-refractivity contribution in [3.8, 4) is 0 Å². The van der Waals surface area contributed by atoms with Crippen LogP contribution in [0.2, 0.25) is 11.1 Å². The Labute approximate surface area is 128 Å². The summed E-state index contributed by atoms with van der Waals surface area (Å²) in [5.74, 6) is 0. The molecule has 0 bridgehead atoms. The number of hydrogen-bond donors (Lipinski definition) is 0. The molecule has 2 nitrogen and oxygen atoms in total. The van der Waals surface area contributed by atoms with Crippen molar-refractivity contribution in [1.29, 1.82) is 0 Å². The van der Waals surface area contributed by atoms with Gasteiger partial charge >= 0.3 is 0 Å². The first-order chi connectivity index (χ1) is 9.73. The second-order valence-electron chi connectivity index (χ2n) is 5.34. The van der Waals surface area contributed by atoms with Crippen LogP contribution < -0.4 is 0 Å². The van der Waals surface area contributed by atoms with E-state index in [1.807, 2.05) is 24.3 Å². The van der Waals surface area contributed by atoms with Gasteiger partial charge in [0.05, 0.1) is 0 Å². The third-order valence-corrected chi connectivity index (χ3v) is 7.31. The van der Waals surface area contributed by atoms with Gasteiger partial charge in [-0.15, -0.1) is 26.3 Å². The summed E-state index contributed by atoms with van der Waals surface area (Å²) in [6.07, 6.45) is 13.2. The van der Waals surface area contributed by atoms with E-state index in [0.717, 1.165) is 25.7 Å². The van der Waals surface area contributed by atoms with Gasteiger partial charge in [-0.05, 0) is 25.7 Å². The molecule has 1 saturated carbocycles. The lowest BCUT2D eigenvalue weighted by Gasteiger charge is -2.30. The van der Waals surface area contributed by atoms with E-state index >= 15 is 0 Å². The minimum atomic E-state index is -0.563. The number of hydrogen-bond acceptors (Lipinski definition) is 2. The van der Waals surface area contributed by atoms with Crippen LogP contribution in [0.15, 0.2) is 50.6 Å². The summed E-state index contributed by atoms with van der Waals surface area (Å²) in [4.78, 5) is 0. The van der Waals surface area contributed by atoms with Gasteiger partial charge in [0.15, 0.2) is 19.5 Å². The molecule has 112 valence electrons. The van der Waals surface area contributed by atoms with Crippen molar-refractivity contribution < 1.29 is 8.85 Å². The van der Waals surface area contributed by atoms with Crippen molar-refractivity contribution in [2.45, 2.75) is 49.0 Å². The number of rotatable bonds is 10. The molecular formula is C16H28O2Si2. The normalized spacial score (nSPS) is 23.9. The van der Waals surface area contributed by atoms with Crippen molar-refractivity contribution in [2.24, 2.45) is 0 Å². The molecule has 0 spiro atoms. The van der Waals surface area contributed by atoms with Gasteiger partial charge in [0.2, 0.25) is 0 Å². The molecule has 4 heteroatoms. The van der Waals surface area contributed by atoms with Crippen LogP contribution in [-0.2, 0) is 8.85 Å². The summed E-state index contributed by atoms with van der Waals surface area (Å²) in [5, 5.41) is 0. The Morgan fingerprint density at radius 1 is 0.700 bits per heavy atom. The Hall–Kier alpha value is -0.686. The van der Waals surface area contributed by atoms with Crippen LogP contribution >= 0.6 is 0 Å². The Balaban J connectivity index is 2.19. The van der Waals surface area contributed by atoms with Crippen molar-refractivity contribution >= 4 is 19.5 Å². The fourth-order valence-corrected chi connectivity index (χ4v) is 4.52. The van der Waals surface area contributed by atoms with Gasteiger partial charge in [-0.2, -0.15) is 0 Å².